The minimum absolute atomic E-state index is 0.0430. The molecular formula is C12H15ClN4O2. The van der Waals surface area contributed by atoms with E-state index in [2.05, 4.69) is 10.7 Å². The normalized spacial score (nSPS) is 15.7. The maximum absolute atomic E-state index is 12.4. The van der Waals surface area contributed by atoms with Crippen molar-refractivity contribution in [2.45, 2.75) is 6.42 Å². The lowest BCUT2D eigenvalue weighted by molar-refractivity contribution is -0.120. The standard InChI is InChI=1S/C12H15ClN4O2/c13-8-1-2-10(16-14)9(7-8)12(19)17-5-3-11(18)15-4-6-17/h1-2,7,16H,3-6,14H2,(H,15,18). The van der Waals surface area contributed by atoms with Gasteiger partial charge in [0.1, 0.15) is 0 Å². The average molecular weight is 283 g/mol. The number of benzene rings is 1. The Bertz CT molecular complexity index is 507. The molecule has 0 aliphatic carbocycles. The van der Waals surface area contributed by atoms with E-state index in [9.17, 15) is 9.59 Å². The van der Waals surface area contributed by atoms with E-state index in [1.54, 1.807) is 23.1 Å². The van der Waals surface area contributed by atoms with E-state index in [4.69, 9.17) is 17.4 Å². The van der Waals surface area contributed by atoms with E-state index in [0.717, 1.165) is 0 Å². The molecule has 0 aromatic heterocycles. The molecule has 7 heteroatoms. The van der Waals surface area contributed by atoms with Crippen molar-refractivity contribution in [3.05, 3.63) is 28.8 Å². The number of hydrazine groups is 1. The number of nitrogens with zero attached hydrogens (tertiary/aromatic N) is 1. The number of carbonyl (C=O) groups excluding carboxylic acids is 2. The van der Waals surface area contributed by atoms with Crippen LogP contribution < -0.4 is 16.6 Å². The van der Waals surface area contributed by atoms with Crippen LogP contribution in [0.5, 0.6) is 0 Å². The van der Waals surface area contributed by atoms with Crippen LogP contribution in [-0.4, -0.2) is 36.3 Å². The van der Waals surface area contributed by atoms with E-state index >= 15 is 0 Å². The molecular weight excluding hydrogens is 268 g/mol. The summed E-state index contributed by atoms with van der Waals surface area (Å²) in [6.07, 6.45) is 0.303. The van der Waals surface area contributed by atoms with Crippen molar-refractivity contribution in [2.24, 2.45) is 5.84 Å². The number of anilines is 1. The van der Waals surface area contributed by atoms with Crippen LogP contribution in [0.25, 0.3) is 0 Å². The molecule has 0 unspecified atom stereocenters. The quantitative estimate of drug-likeness (QED) is 0.547. The van der Waals surface area contributed by atoms with Gasteiger partial charge in [0.25, 0.3) is 5.91 Å². The molecule has 102 valence electrons. The molecule has 1 saturated heterocycles. The molecule has 1 aromatic carbocycles. The van der Waals surface area contributed by atoms with Gasteiger partial charge in [-0.2, -0.15) is 0 Å². The Labute approximate surface area is 115 Å². The zero-order valence-electron chi connectivity index (χ0n) is 10.3. The first-order valence-corrected chi connectivity index (χ1v) is 6.32. The predicted molar refractivity (Wildman–Crippen MR) is 72.8 cm³/mol. The second-order valence-electron chi connectivity index (χ2n) is 4.23. The highest BCUT2D eigenvalue weighted by Gasteiger charge is 2.22. The van der Waals surface area contributed by atoms with Gasteiger partial charge in [-0.3, -0.25) is 15.4 Å². The Kier molecular flexibility index (Phi) is 4.24. The summed E-state index contributed by atoms with van der Waals surface area (Å²) >= 11 is 5.91. The van der Waals surface area contributed by atoms with Gasteiger partial charge in [-0.25, -0.2) is 0 Å². The summed E-state index contributed by atoms with van der Waals surface area (Å²) in [6, 6.07) is 4.87. The summed E-state index contributed by atoms with van der Waals surface area (Å²) in [5, 5.41) is 3.19. The van der Waals surface area contributed by atoms with Crippen LogP contribution in [0.2, 0.25) is 5.02 Å². The Morgan fingerprint density at radius 3 is 2.95 bits per heavy atom. The summed E-state index contributed by atoms with van der Waals surface area (Å²) in [7, 11) is 0. The Balaban J connectivity index is 2.23. The molecule has 0 atom stereocenters. The third-order valence-corrected chi connectivity index (χ3v) is 3.20. The summed E-state index contributed by atoms with van der Waals surface area (Å²) in [5.74, 6) is 5.16. The molecule has 0 saturated carbocycles. The van der Waals surface area contributed by atoms with Crippen LogP contribution in [0.15, 0.2) is 18.2 Å². The number of carbonyl (C=O) groups is 2. The van der Waals surface area contributed by atoms with Crippen molar-refractivity contribution >= 4 is 29.1 Å². The van der Waals surface area contributed by atoms with Crippen LogP contribution in [0.4, 0.5) is 5.69 Å². The van der Waals surface area contributed by atoms with Crippen LogP contribution >= 0.6 is 11.6 Å². The van der Waals surface area contributed by atoms with E-state index in [1.165, 1.54) is 0 Å². The zero-order chi connectivity index (χ0) is 13.8. The fourth-order valence-corrected chi connectivity index (χ4v) is 2.13. The monoisotopic (exact) mass is 282 g/mol. The SMILES string of the molecule is NNc1ccc(Cl)cc1C(=O)N1CCNC(=O)CC1. The number of nitrogens with two attached hydrogens (primary N) is 1. The lowest BCUT2D eigenvalue weighted by atomic mass is 10.1. The molecule has 1 aliphatic heterocycles. The highest BCUT2D eigenvalue weighted by atomic mass is 35.5. The molecule has 0 spiro atoms. The van der Waals surface area contributed by atoms with Crippen molar-refractivity contribution in [1.82, 2.24) is 10.2 Å². The van der Waals surface area contributed by atoms with Gasteiger partial charge in [-0.1, -0.05) is 11.6 Å². The Morgan fingerprint density at radius 1 is 1.42 bits per heavy atom. The lowest BCUT2D eigenvalue weighted by Gasteiger charge is -2.21. The minimum Gasteiger partial charge on any atom is -0.354 e. The maximum Gasteiger partial charge on any atom is 0.256 e. The minimum atomic E-state index is -0.188. The number of nitrogen functional groups attached to an aromatic ring is 1. The van der Waals surface area contributed by atoms with Crippen molar-refractivity contribution in [3.8, 4) is 0 Å². The molecule has 19 heavy (non-hydrogen) atoms. The number of nitrogens with one attached hydrogen (secondary N) is 2. The van der Waals surface area contributed by atoms with E-state index in [-0.39, 0.29) is 11.8 Å². The van der Waals surface area contributed by atoms with Crippen LogP contribution in [-0.2, 0) is 4.79 Å². The van der Waals surface area contributed by atoms with Crippen molar-refractivity contribution in [2.75, 3.05) is 25.1 Å². The number of halogens is 1. The first kappa shape index (κ1) is 13.6. The summed E-state index contributed by atoms with van der Waals surface area (Å²) in [4.78, 5) is 25.3. The predicted octanol–water partition coefficient (Wildman–Crippen LogP) is 0.588. The molecule has 4 N–H and O–H groups in total. The highest BCUT2D eigenvalue weighted by molar-refractivity contribution is 6.31. The Hall–Kier alpha value is -1.79. The number of amides is 2. The second kappa shape index (κ2) is 5.90. The third kappa shape index (κ3) is 3.15. The summed E-state index contributed by atoms with van der Waals surface area (Å²) in [5.41, 5.74) is 3.40. The first-order chi connectivity index (χ1) is 9.11. The number of hydrogen-bond acceptors (Lipinski definition) is 4. The van der Waals surface area contributed by atoms with Gasteiger partial charge >= 0.3 is 0 Å². The van der Waals surface area contributed by atoms with Crippen molar-refractivity contribution in [1.29, 1.82) is 0 Å². The van der Waals surface area contributed by atoms with E-state index < -0.39 is 0 Å². The van der Waals surface area contributed by atoms with E-state index in [0.29, 0.717) is 42.3 Å². The average Bonchev–Trinajstić information content (AvgIpc) is 2.62. The van der Waals surface area contributed by atoms with Crippen LogP contribution in [0.1, 0.15) is 16.8 Å². The van der Waals surface area contributed by atoms with Gasteiger partial charge in [0.15, 0.2) is 0 Å². The molecule has 0 bridgehead atoms. The lowest BCUT2D eigenvalue weighted by Crippen LogP contribution is -2.34. The van der Waals surface area contributed by atoms with Gasteiger partial charge in [0.05, 0.1) is 11.3 Å². The fraction of sp³-hybridized carbons (Fsp3) is 0.333. The molecule has 1 fully saturated rings. The van der Waals surface area contributed by atoms with Gasteiger partial charge in [-0.05, 0) is 18.2 Å². The maximum atomic E-state index is 12.4. The zero-order valence-corrected chi connectivity index (χ0v) is 11.0. The number of hydrogen-bond donors (Lipinski definition) is 3. The highest BCUT2D eigenvalue weighted by Crippen LogP contribution is 2.21. The molecule has 2 rings (SSSR count). The molecule has 0 radical (unpaired) electrons. The summed E-state index contributed by atoms with van der Waals surface area (Å²) < 4.78 is 0. The van der Waals surface area contributed by atoms with E-state index in [1.807, 2.05) is 0 Å². The molecule has 2 amide bonds. The van der Waals surface area contributed by atoms with Crippen molar-refractivity contribution < 1.29 is 9.59 Å². The van der Waals surface area contributed by atoms with Crippen LogP contribution in [0, 0.1) is 0 Å². The van der Waals surface area contributed by atoms with Crippen molar-refractivity contribution in [3.63, 3.8) is 0 Å². The van der Waals surface area contributed by atoms with Gasteiger partial charge in [0.2, 0.25) is 5.91 Å². The largest absolute Gasteiger partial charge is 0.354 e. The third-order valence-electron chi connectivity index (χ3n) is 2.97. The fourth-order valence-electron chi connectivity index (χ4n) is 1.96. The second-order valence-corrected chi connectivity index (χ2v) is 4.66. The topological polar surface area (TPSA) is 87.5 Å². The first-order valence-electron chi connectivity index (χ1n) is 5.94. The molecule has 1 aromatic rings. The summed E-state index contributed by atoms with van der Waals surface area (Å²) in [6.45, 7) is 1.32. The smallest absolute Gasteiger partial charge is 0.256 e. The Morgan fingerprint density at radius 2 is 2.21 bits per heavy atom. The number of rotatable bonds is 2. The van der Waals surface area contributed by atoms with Gasteiger partial charge < -0.3 is 15.6 Å². The van der Waals surface area contributed by atoms with Gasteiger partial charge in [-0.15, -0.1) is 0 Å². The molecule has 6 nitrogen and oxygen atoms in total. The molecule has 1 heterocycles. The van der Waals surface area contributed by atoms with Crippen LogP contribution in [0.3, 0.4) is 0 Å². The van der Waals surface area contributed by atoms with Gasteiger partial charge in [0, 0.05) is 31.1 Å². The molecule has 1 aliphatic rings.